The molecule has 0 aliphatic carbocycles. The molecule has 1 heterocycles. The molecule has 0 unspecified atom stereocenters. The Labute approximate surface area is 133 Å². The zero-order valence-corrected chi connectivity index (χ0v) is 13.0. The normalized spacial score (nSPS) is 10.6. The van der Waals surface area contributed by atoms with Gasteiger partial charge in [0.1, 0.15) is 17.7 Å². The van der Waals surface area contributed by atoms with Crippen LogP contribution in [0.2, 0.25) is 0 Å². The van der Waals surface area contributed by atoms with Gasteiger partial charge in [-0.2, -0.15) is 0 Å². The highest BCUT2D eigenvalue weighted by atomic mass is 16.6. The molecule has 23 heavy (non-hydrogen) atoms. The second kappa shape index (κ2) is 6.91. The summed E-state index contributed by atoms with van der Waals surface area (Å²) in [5.74, 6) is 0.327. The van der Waals surface area contributed by atoms with E-state index in [4.69, 9.17) is 4.42 Å². The first-order chi connectivity index (χ1) is 10.9. The molecule has 0 spiro atoms. The maximum absolute atomic E-state index is 12.6. The molecular weight excluding hydrogens is 296 g/mol. The van der Waals surface area contributed by atoms with Crippen molar-refractivity contribution >= 4 is 11.4 Å². The predicted molar refractivity (Wildman–Crippen MR) is 89.7 cm³/mol. The summed E-state index contributed by atoms with van der Waals surface area (Å²) < 4.78 is 5.61. The maximum atomic E-state index is 12.6. The SMILES string of the molecule is C=CCc1c(-c2cccc([N+](=O)[O-])c2)occ(NC(C)C)c1=O. The second-order valence-electron chi connectivity index (χ2n) is 5.39. The van der Waals surface area contributed by atoms with Gasteiger partial charge in [0.2, 0.25) is 5.43 Å². The summed E-state index contributed by atoms with van der Waals surface area (Å²) in [6, 6.07) is 6.10. The van der Waals surface area contributed by atoms with Gasteiger partial charge in [0.05, 0.1) is 4.92 Å². The van der Waals surface area contributed by atoms with Crippen LogP contribution >= 0.6 is 0 Å². The first-order valence-corrected chi connectivity index (χ1v) is 7.21. The molecule has 0 saturated carbocycles. The molecule has 1 aromatic carbocycles. The lowest BCUT2D eigenvalue weighted by Crippen LogP contribution is -2.20. The van der Waals surface area contributed by atoms with E-state index in [1.54, 1.807) is 18.2 Å². The summed E-state index contributed by atoms with van der Waals surface area (Å²) in [4.78, 5) is 23.0. The van der Waals surface area contributed by atoms with E-state index in [1.165, 1.54) is 18.4 Å². The summed E-state index contributed by atoms with van der Waals surface area (Å²) in [6.07, 6.45) is 3.27. The number of allylic oxidation sites excluding steroid dienone is 1. The van der Waals surface area contributed by atoms with Crippen molar-refractivity contribution in [2.45, 2.75) is 26.3 Å². The Balaban J connectivity index is 2.60. The quantitative estimate of drug-likeness (QED) is 0.498. The summed E-state index contributed by atoms with van der Waals surface area (Å²) in [5, 5.41) is 14.0. The molecule has 6 heteroatoms. The van der Waals surface area contributed by atoms with Gasteiger partial charge in [0.25, 0.3) is 5.69 Å². The fourth-order valence-electron chi connectivity index (χ4n) is 2.25. The first kappa shape index (κ1) is 16.5. The Hall–Kier alpha value is -2.89. The molecule has 0 aliphatic heterocycles. The predicted octanol–water partition coefficient (Wildman–Crippen LogP) is 3.76. The third-order valence-electron chi connectivity index (χ3n) is 3.20. The average molecular weight is 314 g/mol. The number of rotatable bonds is 6. The van der Waals surface area contributed by atoms with Crippen LogP contribution in [-0.4, -0.2) is 11.0 Å². The number of hydrogen-bond acceptors (Lipinski definition) is 5. The third kappa shape index (κ3) is 3.66. The van der Waals surface area contributed by atoms with Gasteiger partial charge in [0, 0.05) is 29.3 Å². The Morgan fingerprint density at radius 2 is 2.17 bits per heavy atom. The highest BCUT2D eigenvalue weighted by Crippen LogP contribution is 2.27. The Morgan fingerprint density at radius 3 is 2.78 bits per heavy atom. The van der Waals surface area contributed by atoms with Gasteiger partial charge in [-0.15, -0.1) is 6.58 Å². The van der Waals surface area contributed by atoms with Crippen LogP contribution in [-0.2, 0) is 6.42 Å². The van der Waals surface area contributed by atoms with Crippen LogP contribution in [0.1, 0.15) is 19.4 Å². The number of nitrogens with zero attached hydrogens (tertiary/aromatic N) is 1. The number of nitro benzene ring substituents is 1. The van der Waals surface area contributed by atoms with Gasteiger partial charge >= 0.3 is 0 Å². The van der Waals surface area contributed by atoms with E-state index in [9.17, 15) is 14.9 Å². The minimum Gasteiger partial charge on any atom is -0.462 e. The van der Waals surface area contributed by atoms with Gasteiger partial charge in [-0.05, 0) is 20.3 Å². The van der Waals surface area contributed by atoms with Crippen molar-refractivity contribution < 1.29 is 9.34 Å². The molecule has 1 N–H and O–H groups in total. The number of nitro groups is 1. The Kier molecular flexibility index (Phi) is 4.95. The van der Waals surface area contributed by atoms with Crippen LogP contribution in [0.3, 0.4) is 0 Å². The zero-order chi connectivity index (χ0) is 17.0. The fourth-order valence-corrected chi connectivity index (χ4v) is 2.25. The van der Waals surface area contributed by atoms with E-state index in [0.717, 1.165) is 0 Å². The lowest BCUT2D eigenvalue weighted by Gasteiger charge is -2.12. The van der Waals surface area contributed by atoms with Crippen LogP contribution < -0.4 is 10.7 Å². The van der Waals surface area contributed by atoms with Gasteiger partial charge in [-0.3, -0.25) is 14.9 Å². The topological polar surface area (TPSA) is 85.4 Å². The summed E-state index contributed by atoms with van der Waals surface area (Å²) in [7, 11) is 0. The highest BCUT2D eigenvalue weighted by Gasteiger charge is 2.17. The first-order valence-electron chi connectivity index (χ1n) is 7.21. The minimum atomic E-state index is -0.483. The van der Waals surface area contributed by atoms with E-state index in [-0.39, 0.29) is 17.2 Å². The van der Waals surface area contributed by atoms with Gasteiger partial charge in [-0.1, -0.05) is 18.2 Å². The molecule has 0 saturated heterocycles. The molecule has 0 bridgehead atoms. The molecule has 0 aliphatic rings. The third-order valence-corrected chi connectivity index (χ3v) is 3.20. The summed E-state index contributed by atoms with van der Waals surface area (Å²) in [5.41, 5.74) is 1.03. The molecule has 120 valence electrons. The van der Waals surface area contributed by atoms with Gasteiger partial charge in [-0.25, -0.2) is 0 Å². The molecule has 0 amide bonds. The van der Waals surface area contributed by atoms with Crippen LogP contribution in [0.25, 0.3) is 11.3 Å². The van der Waals surface area contributed by atoms with E-state index < -0.39 is 4.92 Å². The Morgan fingerprint density at radius 1 is 1.43 bits per heavy atom. The van der Waals surface area contributed by atoms with Crippen molar-refractivity contribution in [3.63, 3.8) is 0 Å². The van der Waals surface area contributed by atoms with Crippen LogP contribution in [0.4, 0.5) is 11.4 Å². The van der Waals surface area contributed by atoms with Crippen molar-refractivity contribution in [3.8, 4) is 11.3 Å². The summed E-state index contributed by atoms with van der Waals surface area (Å²) >= 11 is 0. The molecule has 0 fully saturated rings. The van der Waals surface area contributed by atoms with Crippen LogP contribution in [0.5, 0.6) is 0 Å². The maximum Gasteiger partial charge on any atom is 0.270 e. The van der Waals surface area contributed by atoms with Crippen LogP contribution in [0, 0.1) is 10.1 Å². The standard InChI is InChI=1S/C17H18N2O4/c1-4-6-14-16(20)15(18-11(2)3)10-23-17(14)12-7-5-8-13(9-12)19(21)22/h4-5,7-11,18H,1,6H2,2-3H3. The second-order valence-corrected chi connectivity index (χ2v) is 5.39. The van der Waals surface area contributed by atoms with Crippen molar-refractivity contribution in [2.24, 2.45) is 0 Å². The Bertz CT molecular complexity index is 793. The van der Waals surface area contributed by atoms with Gasteiger partial charge < -0.3 is 9.73 Å². The molecule has 2 aromatic rings. The number of benzene rings is 1. The average Bonchev–Trinajstić information content (AvgIpc) is 2.51. The van der Waals surface area contributed by atoms with Crippen LogP contribution in [0.15, 0.2) is 52.4 Å². The van der Waals surface area contributed by atoms with Crippen molar-refractivity contribution in [3.05, 3.63) is 69.1 Å². The molecule has 1 aromatic heterocycles. The monoisotopic (exact) mass is 314 g/mol. The highest BCUT2D eigenvalue weighted by molar-refractivity contribution is 5.66. The van der Waals surface area contributed by atoms with E-state index in [2.05, 4.69) is 11.9 Å². The molecule has 0 radical (unpaired) electrons. The lowest BCUT2D eigenvalue weighted by molar-refractivity contribution is -0.384. The molecule has 0 atom stereocenters. The van der Waals surface area contributed by atoms with E-state index in [1.807, 2.05) is 13.8 Å². The van der Waals surface area contributed by atoms with Crippen molar-refractivity contribution in [2.75, 3.05) is 5.32 Å². The van der Waals surface area contributed by atoms with Crippen molar-refractivity contribution in [1.82, 2.24) is 0 Å². The fraction of sp³-hybridized carbons (Fsp3) is 0.235. The smallest absolute Gasteiger partial charge is 0.270 e. The molecular formula is C17H18N2O4. The number of hydrogen-bond donors (Lipinski definition) is 1. The zero-order valence-electron chi connectivity index (χ0n) is 13.0. The largest absolute Gasteiger partial charge is 0.462 e. The number of nitrogens with one attached hydrogen (secondary N) is 1. The van der Waals surface area contributed by atoms with Crippen molar-refractivity contribution in [1.29, 1.82) is 0 Å². The van der Waals surface area contributed by atoms with E-state index in [0.29, 0.717) is 29.0 Å². The minimum absolute atomic E-state index is 0.0564. The molecule has 2 rings (SSSR count). The van der Waals surface area contributed by atoms with Gasteiger partial charge in [0.15, 0.2) is 0 Å². The van der Waals surface area contributed by atoms with E-state index >= 15 is 0 Å². The summed E-state index contributed by atoms with van der Waals surface area (Å²) in [6.45, 7) is 7.49. The number of non-ortho nitro benzene ring substituents is 1. The number of anilines is 1. The lowest BCUT2D eigenvalue weighted by atomic mass is 10.0. The molecule has 6 nitrogen and oxygen atoms in total.